The van der Waals surface area contributed by atoms with Crippen molar-refractivity contribution in [2.75, 3.05) is 31.0 Å². The summed E-state index contributed by atoms with van der Waals surface area (Å²) in [5.41, 5.74) is 3.31. The van der Waals surface area contributed by atoms with Crippen molar-refractivity contribution in [2.45, 2.75) is 12.8 Å². The molecule has 7 heteroatoms. The molecule has 2 heterocycles. The number of aromatic nitrogens is 2. The molecule has 29 heavy (non-hydrogen) atoms. The highest BCUT2D eigenvalue weighted by Crippen LogP contribution is 2.32. The third-order valence-electron chi connectivity index (χ3n) is 4.91. The lowest BCUT2D eigenvalue weighted by Gasteiger charge is -2.30. The number of nitrogens with one attached hydrogen (secondary N) is 1. The summed E-state index contributed by atoms with van der Waals surface area (Å²) in [7, 11) is 3.12. The monoisotopic (exact) mass is 390 g/mol. The van der Waals surface area contributed by atoms with E-state index < -0.39 is 0 Å². The van der Waals surface area contributed by atoms with E-state index in [0.29, 0.717) is 28.7 Å². The Hall–Kier alpha value is -3.61. The average Bonchev–Trinajstić information content (AvgIpc) is 2.78. The zero-order chi connectivity index (χ0) is 20.2. The van der Waals surface area contributed by atoms with Crippen LogP contribution in [0, 0.1) is 0 Å². The molecule has 1 aromatic heterocycles. The molecule has 148 valence electrons. The van der Waals surface area contributed by atoms with Crippen LogP contribution in [0.5, 0.6) is 11.5 Å². The van der Waals surface area contributed by atoms with Crippen LogP contribution in [0.4, 0.5) is 17.2 Å². The molecule has 0 unspecified atom stereocenters. The summed E-state index contributed by atoms with van der Waals surface area (Å²) in [5, 5.41) is 2.85. The molecular formula is C22H22N4O3. The van der Waals surface area contributed by atoms with Crippen molar-refractivity contribution in [3.63, 3.8) is 0 Å². The van der Waals surface area contributed by atoms with Gasteiger partial charge in [0.15, 0.2) is 11.5 Å². The first kappa shape index (κ1) is 18.7. The molecule has 0 fully saturated rings. The van der Waals surface area contributed by atoms with E-state index in [2.05, 4.69) is 32.3 Å². The van der Waals surface area contributed by atoms with Gasteiger partial charge in [0.25, 0.3) is 5.91 Å². The molecule has 1 aliphatic rings. The fraction of sp³-hybridized carbons (Fsp3) is 0.227. The van der Waals surface area contributed by atoms with Crippen LogP contribution < -0.4 is 19.7 Å². The standard InChI is InChI=1S/C22H22N4O3/c1-28-19-10-9-16(12-20(19)29-2)25-22(27)17-13-21(24-14-23-17)26-11-5-7-15-6-3-4-8-18(15)26/h3-4,6,8-10,12-14H,5,7,11H2,1-2H3,(H,25,27). The fourth-order valence-electron chi connectivity index (χ4n) is 3.50. The van der Waals surface area contributed by atoms with Gasteiger partial charge in [-0.05, 0) is 36.6 Å². The smallest absolute Gasteiger partial charge is 0.274 e. The van der Waals surface area contributed by atoms with Gasteiger partial charge < -0.3 is 19.7 Å². The van der Waals surface area contributed by atoms with Crippen molar-refractivity contribution in [2.24, 2.45) is 0 Å². The van der Waals surface area contributed by atoms with E-state index in [1.165, 1.54) is 11.9 Å². The zero-order valence-corrected chi connectivity index (χ0v) is 16.4. The lowest BCUT2D eigenvalue weighted by Crippen LogP contribution is -2.26. The molecule has 1 amide bonds. The molecule has 2 aromatic carbocycles. The molecule has 0 aliphatic carbocycles. The largest absolute Gasteiger partial charge is 0.493 e. The molecule has 0 spiro atoms. The van der Waals surface area contributed by atoms with E-state index >= 15 is 0 Å². The highest BCUT2D eigenvalue weighted by Gasteiger charge is 2.20. The van der Waals surface area contributed by atoms with E-state index in [1.54, 1.807) is 38.5 Å². The summed E-state index contributed by atoms with van der Waals surface area (Å²) in [6.07, 6.45) is 3.51. The van der Waals surface area contributed by atoms with Crippen molar-refractivity contribution in [1.82, 2.24) is 9.97 Å². The molecule has 0 bridgehead atoms. The summed E-state index contributed by atoms with van der Waals surface area (Å²) < 4.78 is 10.5. The molecule has 4 rings (SSSR count). The number of carbonyl (C=O) groups is 1. The number of benzene rings is 2. The normalized spacial score (nSPS) is 12.8. The highest BCUT2D eigenvalue weighted by molar-refractivity contribution is 6.03. The first-order valence-electron chi connectivity index (χ1n) is 9.40. The summed E-state index contributed by atoms with van der Waals surface area (Å²) in [4.78, 5) is 23.4. The predicted molar refractivity (Wildman–Crippen MR) is 111 cm³/mol. The van der Waals surface area contributed by atoms with Crippen molar-refractivity contribution in [1.29, 1.82) is 0 Å². The summed E-state index contributed by atoms with van der Waals surface area (Å²) in [6, 6.07) is 15.2. The Bertz CT molecular complexity index is 1040. The van der Waals surface area contributed by atoms with Crippen molar-refractivity contribution in [3.05, 3.63) is 66.1 Å². The number of carbonyl (C=O) groups excluding carboxylic acids is 1. The highest BCUT2D eigenvalue weighted by atomic mass is 16.5. The second-order valence-corrected chi connectivity index (χ2v) is 6.67. The maximum atomic E-state index is 12.8. The van der Waals surface area contributed by atoms with Crippen LogP contribution >= 0.6 is 0 Å². The number of nitrogens with zero attached hydrogens (tertiary/aromatic N) is 3. The lowest BCUT2D eigenvalue weighted by atomic mass is 10.0. The van der Waals surface area contributed by atoms with Gasteiger partial charge in [-0.15, -0.1) is 0 Å². The van der Waals surface area contributed by atoms with Gasteiger partial charge in [0.05, 0.1) is 14.2 Å². The number of aryl methyl sites for hydroxylation is 1. The number of hydrogen-bond acceptors (Lipinski definition) is 6. The minimum Gasteiger partial charge on any atom is -0.493 e. The van der Waals surface area contributed by atoms with E-state index in [9.17, 15) is 4.79 Å². The van der Waals surface area contributed by atoms with Gasteiger partial charge in [-0.3, -0.25) is 4.79 Å². The minimum absolute atomic E-state index is 0.299. The second kappa shape index (κ2) is 8.18. The zero-order valence-electron chi connectivity index (χ0n) is 16.4. The summed E-state index contributed by atoms with van der Waals surface area (Å²) in [5.74, 6) is 1.54. The maximum Gasteiger partial charge on any atom is 0.274 e. The Balaban J connectivity index is 1.57. The van der Waals surface area contributed by atoms with Crippen LogP contribution in [0.2, 0.25) is 0 Å². The van der Waals surface area contributed by atoms with Gasteiger partial charge in [0.2, 0.25) is 0 Å². The van der Waals surface area contributed by atoms with Crippen LogP contribution in [-0.2, 0) is 6.42 Å². The molecule has 1 aliphatic heterocycles. The van der Waals surface area contributed by atoms with E-state index in [1.807, 2.05) is 12.1 Å². The first-order valence-corrected chi connectivity index (χ1v) is 9.40. The maximum absolute atomic E-state index is 12.8. The van der Waals surface area contributed by atoms with Crippen LogP contribution in [-0.4, -0.2) is 36.6 Å². The quantitative estimate of drug-likeness (QED) is 0.714. The molecule has 0 saturated carbocycles. The third kappa shape index (κ3) is 3.85. The number of hydrogen-bond donors (Lipinski definition) is 1. The Morgan fingerprint density at radius 3 is 2.69 bits per heavy atom. The van der Waals surface area contributed by atoms with Gasteiger partial charge in [-0.25, -0.2) is 9.97 Å². The van der Waals surface area contributed by atoms with Crippen molar-refractivity contribution < 1.29 is 14.3 Å². The SMILES string of the molecule is COc1ccc(NC(=O)c2cc(N3CCCc4ccccc43)ncn2)cc1OC. The first-order chi connectivity index (χ1) is 14.2. The van der Waals surface area contributed by atoms with Crippen LogP contribution in [0.3, 0.4) is 0 Å². The Kier molecular flexibility index (Phi) is 5.29. The van der Waals surface area contributed by atoms with Gasteiger partial charge in [0.1, 0.15) is 17.8 Å². The topological polar surface area (TPSA) is 76.6 Å². The number of rotatable bonds is 5. The Labute approximate surface area is 169 Å². The van der Waals surface area contributed by atoms with Gasteiger partial charge >= 0.3 is 0 Å². The number of fused-ring (bicyclic) bond motifs is 1. The number of methoxy groups -OCH3 is 2. The Morgan fingerprint density at radius 1 is 1.03 bits per heavy atom. The summed E-state index contributed by atoms with van der Waals surface area (Å²) >= 11 is 0. The molecule has 0 atom stereocenters. The van der Waals surface area contributed by atoms with Gasteiger partial charge in [0, 0.05) is 30.1 Å². The van der Waals surface area contributed by atoms with Gasteiger partial charge in [-0.1, -0.05) is 18.2 Å². The van der Waals surface area contributed by atoms with Crippen molar-refractivity contribution >= 4 is 23.1 Å². The number of para-hydroxylation sites is 1. The number of amides is 1. The third-order valence-corrected chi connectivity index (χ3v) is 4.91. The number of ether oxygens (including phenoxy) is 2. The predicted octanol–water partition coefficient (Wildman–Crippen LogP) is 3.83. The average molecular weight is 390 g/mol. The van der Waals surface area contributed by atoms with Crippen LogP contribution in [0.15, 0.2) is 54.9 Å². The lowest BCUT2D eigenvalue weighted by molar-refractivity contribution is 0.102. The van der Waals surface area contributed by atoms with E-state index in [4.69, 9.17) is 9.47 Å². The molecule has 1 N–H and O–H groups in total. The summed E-state index contributed by atoms with van der Waals surface area (Å²) in [6.45, 7) is 0.852. The van der Waals surface area contributed by atoms with Gasteiger partial charge in [-0.2, -0.15) is 0 Å². The molecule has 0 radical (unpaired) electrons. The molecule has 0 saturated heterocycles. The van der Waals surface area contributed by atoms with Crippen LogP contribution in [0.25, 0.3) is 0 Å². The second-order valence-electron chi connectivity index (χ2n) is 6.67. The minimum atomic E-state index is -0.314. The fourth-order valence-corrected chi connectivity index (χ4v) is 3.50. The van der Waals surface area contributed by atoms with Crippen molar-refractivity contribution in [3.8, 4) is 11.5 Å². The molecule has 7 nitrogen and oxygen atoms in total. The number of anilines is 3. The Morgan fingerprint density at radius 2 is 1.86 bits per heavy atom. The molecule has 3 aromatic rings. The molecular weight excluding hydrogens is 368 g/mol. The van der Waals surface area contributed by atoms with E-state index in [-0.39, 0.29) is 5.91 Å². The van der Waals surface area contributed by atoms with Crippen LogP contribution in [0.1, 0.15) is 22.5 Å². The van der Waals surface area contributed by atoms with E-state index in [0.717, 1.165) is 25.1 Å².